The van der Waals surface area contributed by atoms with Gasteiger partial charge in [0, 0.05) is 39.2 Å². The van der Waals surface area contributed by atoms with Crippen molar-refractivity contribution in [2.24, 2.45) is 0 Å². The monoisotopic (exact) mass is 463 g/mol. The third-order valence-electron chi connectivity index (χ3n) is 3.33. The maximum absolute atomic E-state index is 12.2. The van der Waals surface area contributed by atoms with Crippen molar-refractivity contribution in [2.75, 3.05) is 27.6 Å². The van der Waals surface area contributed by atoms with Gasteiger partial charge in [-0.25, -0.2) is 0 Å². The molecule has 17 heteroatoms. The minimum Gasteiger partial charge on any atom is -0.778 e. The first-order valence-electron chi connectivity index (χ1n) is 7.31. The van der Waals surface area contributed by atoms with Gasteiger partial charge in [-0.1, -0.05) is 6.07 Å². The summed E-state index contributed by atoms with van der Waals surface area (Å²) in [6.45, 7) is 0. The number of hydrogen-bond acceptors (Lipinski definition) is 10. The summed E-state index contributed by atoms with van der Waals surface area (Å²) in [5.41, 5.74) is 0.0442. The van der Waals surface area contributed by atoms with E-state index in [0.29, 0.717) is 0 Å². The zero-order valence-corrected chi connectivity index (χ0v) is 20.5. The van der Waals surface area contributed by atoms with Gasteiger partial charge in [-0.3, -0.25) is 4.79 Å². The largest absolute Gasteiger partial charge is 1.00 e. The zero-order chi connectivity index (χ0) is 20.9. The van der Waals surface area contributed by atoms with Crippen molar-refractivity contribution in [3.8, 4) is 0 Å². The Kier molecular flexibility index (Phi) is 17.7. The van der Waals surface area contributed by atoms with Crippen LogP contribution in [0.1, 0.15) is 21.5 Å². The number of nitrogens with one attached hydrogen (secondary N) is 1. The second-order valence-electron chi connectivity index (χ2n) is 5.40. The quantitative estimate of drug-likeness (QED) is 0.259. The van der Waals surface area contributed by atoms with Gasteiger partial charge in [-0.05, 0) is 23.3 Å². The standard InChI is InChI=1S/C13H22NO10P3.3Li/c1-22-25(16,17)7-10-4-11(8-26(18,19)23-2)6-12(5-10)13(15)14-9-27(20,21)24-3;;;/h4-6H,7-9H2,1-3H3,(H,14,15)(H,16,17)(H,18,19)(H,20,21);;;/q;3*+1/p-3. The van der Waals surface area contributed by atoms with Crippen LogP contribution >= 0.6 is 22.8 Å². The third kappa shape index (κ3) is 12.8. The molecule has 1 N–H and O–H groups in total. The molecular weight excluding hydrogens is 444 g/mol. The number of carbonyl (C=O) groups excluding carboxylic acids is 1. The van der Waals surface area contributed by atoms with Gasteiger partial charge in [0.05, 0.1) is 6.29 Å². The number of rotatable bonds is 10. The van der Waals surface area contributed by atoms with Crippen molar-refractivity contribution in [3.63, 3.8) is 0 Å². The minimum atomic E-state index is -4.26. The SMILES string of the molecule is COP(=O)([O-])CNC(=O)c1cc(CP(=O)([O-])OC)cc(CP(=O)([O-])OC)c1.[Li+].[Li+].[Li+]. The predicted octanol–water partition coefficient (Wildman–Crippen LogP) is -9.01. The smallest absolute Gasteiger partial charge is 0.778 e. The molecule has 1 aromatic rings. The Hall–Kier alpha value is 0.932. The molecule has 0 heterocycles. The van der Waals surface area contributed by atoms with E-state index in [1.807, 2.05) is 0 Å². The zero-order valence-electron chi connectivity index (χ0n) is 17.8. The Morgan fingerprint density at radius 1 is 0.800 bits per heavy atom. The number of hydrogen-bond donors (Lipinski definition) is 1. The van der Waals surface area contributed by atoms with Crippen LogP contribution < -0.4 is 76.6 Å². The van der Waals surface area contributed by atoms with Crippen LogP contribution in [0, 0.1) is 0 Å². The molecule has 0 aliphatic rings. The van der Waals surface area contributed by atoms with E-state index < -0.39 is 47.3 Å². The molecule has 1 aromatic carbocycles. The van der Waals surface area contributed by atoms with Crippen LogP contribution in [0.15, 0.2) is 18.2 Å². The Labute approximate surface area is 211 Å². The fourth-order valence-electron chi connectivity index (χ4n) is 1.99. The molecule has 30 heavy (non-hydrogen) atoms. The summed E-state index contributed by atoms with van der Waals surface area (Å²) in [7, 11) is -9.87. The van der Waals surface area contributed by atoms with Crippen LogP contribution in [0.5, 0.6) is 0 Å². The molecule has 3 unspecified atom stereocenters. The summed E-state index contributed by atoms with van der Waals surface area (Å²) >= 11 is 0. The van der Waals surface area contributed by atoms with Gasteiger partial charge in [0.1, 0.15) is 15.2 Å². The molecule has 0 aromatic heterocycles. The maximum atomic E-state index is 12.2. The Bertz CT molecular complexity index is 796. The summed E-state index contributed by atoms with van der Waals surface area (Å²) in [6, 6.07) is 3.65. The molecule has 0 saturated carbocycles. The molecule has 0 aliphatic heterocycles. The first-order valence-corrected chi connectivity index (χ1v) is 12.5. The summed E-state index contributed by atoms with van der Waals surface area (Å²) in [5, 5.41) is 2.10. The van der Waals surface area contributed by atoms with Gasteiger partial charge in [0.15, 0.2) is 7.60 Å². The molecule has 1 amide bonds. The van der Waals surface area contributed by atoms with Gasteiger partial charge in [-0.15, -0.1) is 0 Å². The molecule has 0 bridgehead atoms. The third-order valence-corrected chi connectivity index (χ3v) is 7.05. The van der Waals surface area contributed by atoms with Crippen LogP contribution in [0.3, 0.4) is 0 Å². The van der Waals surface area contributed by atoms with Crippen molar-refractivity contribution in [1.29, 1.82) is 0 Å². The van der Waals surface area contributed by atoms with E-state index in [1.165, 1.54) is 18.2 Å². The average Bonchev–Trinajstić information content (AvgIpc) is 2.58. The van der Waals surface area contributed by atoms with Crippen LogP contribution in [-0.2, 0) is 39.6 Å². The minimum absolute atomic E-state index is 0. The molecule has 11 nitrogen and oxygen atoms in total. The molecule has 0 saturated heterocycles. The molecular formula is C13H19Li3NO10P3. The van der Waals surface area contributed by atoms with Crippen molar-refractivity contribution >= 4 is 28.7 Å². The molecule has 0 spiro atoms. The Morgan fingerprint density at radius 2 is 1.17 bits per heavy atom. The van der Waals surface area contributed by atoms with Crippen LogP contribution in [-0.4, -0.2) is 33.5 Å². The first kappa shape index (κ1) is 35.5. The Morgan fingerprint density at radius 3 is 1.50 bits per heavy atom. The number of carbonyl (C=O) groups is 1. The second kappa shape index (κ2) is 15.0. The summed E-state index contributed by atoms with van der Waals surface area (Å²) < 4.78 is 47.6. The second-order valence-corrected chi connectivity index (χ2v) is 11.1. The van der Waals surface area contributed by atoms with Crippen LogP contribution in [0.4, 0.5) is 0 Å². The van der Waals surface area contributed by atoms with E-state index in [0.717, 1.165) is 21.3 Å². The van der Waals surface area contributed by atoms with E-state index in [2.05, 4.69) is 18.9 Å². The van der Waals surface area contributed by atoms with Crippen molar-refractivity contribution in [2.45, 2.75) is 12.3 Å². The predicted molar refractivity (Wildman–Crippen MR) is 90.0 cm³/mol. The van der Waals surface area contributed by atoms with Gasteiger partial charge in [0.2, 0.25) is 0 Å². The molecule has 0 radical (unpaired) electrons. The average molecular weight is 463 g/mol. The fraction of sp³-hybridized carbons (Fsp3) is 0.462. The van der Waals surface area contributed by atoms with Crippen molar-refractivity contribution in [1.82, 2.24) is 5.32 Å². The van der Waals surface area contributed by atoms with Crippen LogP contribution in [0.2, 0.25) is 0 Å². The number of benzene rings is 1. The fourth-order valence-corrected chi connectivity index (χ4v) is 3.97. The summed E-state index contributed by atoms with van der Waals surface area (Å²) in [6.07, 6.45) is -1.98. The van der Waals surface area contributed by atoms with E-state index in [-0.39, 0.29) is 73.3 Å². The van der Waals surface area contributed by atoms with Crippen LogP contribution in [0.25, 0.3) is 0 Å². The van der Waals surface area contributed by atoms with Gasteiger partial charge in [-0.2, -0.15) is 0 Å². The molecule has 0 aliphatic carbocycles. The molecule has 154 valence electrons. The van der Waals surface area contributed by atoms with Gasteiger partial charge in [0.25, 0.3) is 5.91 Å². The van der Waals surface area contributed by atoms with Gasteiger partial charge >= 0.3 is 56.6 Å². The molecule has 3 atom stereocenters. The summed E-state index contributed by atoms with van der Waals surface area (Å²) in [4.78, 5) is 46.9. The molecule has 1 rings (SSSR count). The number of amides is 1. The van der Waals surface area contributed by atoms with Crippen molar-refractivity contribution < 1.29 is 103 Å². The van der Waals surface area contributed by atoms with E-state index in [9.17, 15) is 33.2 Å². The molecule has 0 fully saturated rings. The normalized spacial score (nSPS) is 16.3. The maximum Gasteiger partial charge on any atom is 1.00 e. The Balaban J connectivity index is -0.00000243. The van der Waals surface area contributed by atoms with Gasteiger partial charge < -0.3 is 47.3 Å². The first-order chi connectivity index (χ1) is 12.3. The topological polar surface area (TPSA) is 177 Å². The van der Waals surface area contributed by atoms with E-state index in [1.54, 1.807) is 0 Å². The van der Waals surface area contributed by atoms with E-state index >= 15 is 0 Å². The summed E-state index contributed by atoms with van der Waals surface area (Å²) in [5.74, 6) is -0.859. The van der Waals surface area contributed by atoms with Crippen molar-refractivity contribution in [3.05, 3.63) is 34.9 Å². The van der Waals surface area contributed by atoms with E-state index in [4.69, 9.17) is 0 Å².